The molecule has 0 atom stereocenters. The second-order valence-electron chi connectivity index (χ2n) is 5.83. The first-order chi connectivity index (χ1) is 9.05. The molecule has 1 aromatic carbocycles. The van der Waals surface area contributed by atoms with Gasteiger partial charge >= 0.3 is 0 Å². The summed E-state index contributed by atoms with van der Waals surface area (Å²) in [5.74, 6) is 0.363. The van der Waals surface area contributed by atoms with E-state index in [0.717, 1.165) is 25.0 Å². The smallest absolute Gasteiger partial charge is 0.118 e. The van der Waals surface area contributed by atoms with E-state index in [2.05, 4.69) is 20.8 Å². The summed E-state index contributed by atoms with van der Waals surface area (Å²) in [4.78, 5) is 0. The Balaban J connectivity index is 2.30. The largest absolute Gasteiger partial charge is 0.508 e. The van der Waals surface area contributed by atoms with Crippen LogP contribution < -0.4 is 0 Å². The topological polar surface area (TPSA) is 29.5 Å². The molecule has 0 amide bonds. The van der Waals surface area contributed by atoms with E-state index in [0.29, 0.717) is 5.75 Å². The number of hydrogen-bond acceptors (Lipinski definition) is 2. The van der Waals surface area contributed by atoms with Crippen LogP contribution in [-0.2, 0) is 11.2 Å². The number of aromatic hydroxyl groups is 1. The zero-order chi connectivity index (χ0) is 14.1. The molecule has 0 aliphatic carbocycles. The van der Waals surface area contributed by atoms with Crippen molar-refractivity contribution in [2.45, 2.75) is 64.9 Å². The molecule has 0 spiro atoms. The molecule has 0 heterocycles. The van der Waals surface area contributed by atoms with Crippen molar-refractivity contribution in [3.05, 3.63) is 29.8 Å². The highest BCUT2D eigenvalue weighted by molar-refractivity contribution is 5.32. The van der Waals surface area contributed by atoms with Gasteiger partial charge in [-0.25, -0.2) is 0 Å². The highest BCUT2D eigenvalue weighted by Gasteiger charge is 2.20. The van der Waals surface area contributed by atoms with Gasteiger partial charge in [0.1, 0.15) is 5.75 Å². The van der Waals surface area contributed by atoms with Crippen LogP contribution in [0.25, 0.3) is 0 Å². The lowest BCUT2D eigenvalue weighted by molar-refractivity contribution is -0.0190. The van der Waals surface area contributed by atoms with Gasteiger partial charge in [-0.2, -0.15) is 0 Å². The van der Waals surface area contributed by atoms with Crippen molar-refractivity contribution < 1.29 is 9.84 Å². The summed E-state index contributed by atoms with van der Waals surface area (Å²) in [7, 11) is 0. The predicted molar refractivity (Wildman–Crippen MR) is 80.6 cm³/mol. The molecule has 0 saturated carbocycles. The van der Waals surface area contributed by atoms with E-state index in [1.807, 2.05) is 18.2 Å². The van der Waals surface area contributed by atoms with Crippen LogP contribution in [0, 0.1) is 0 Å². The molecule has 1 rings (SSSR count). The second kappa shape index (κ2) is 8.21. The molecule has 0 saturated heterocycles. The zero-order valence-electron chi connectivity index (χ0n) is 12.6. The summed E-state index contributed by atoms with van der Waals surface area (Å²) < 4.78 is 5.96. The molecular formula is C17H28O2. The van der Waals surface area contributed by atoms with Crippen LogP contribution in [-0.4, -0.2) is 17.3 Å². The molecule has 0 aliphatic rings. The Labute approximate surface area is 117 Å². The fourth-order valence-corrected chi connectivity index (χ4v) is 2.22. The summed E-state index contributed by atoms with van der Waals surface area (Å²) >= 11 is 0. The third-order valence-electron chi connectivity index (χ3n) is 3.35. The van der Waals surface area contributed by atoms with Gasteiger partial charge in [0.15, 0.2) is 0 Å². The fraction of sp³-hybridized carbons (Fsp3) is 0.647. The summed E-state index contributed by atoms with van der Waals surface area (Å²) in [5, 5.41) is 9.79. The number of ether oxygens (including phenoxy) is 1. The Morgan fingerprint density at radius 1 is 1.05 bits per heavy atom. The van der Waals surface area contributed by atoms with Crippen molar-refractivity contribution >= 4 is 0 Å². The summed E-state index contributed by atoms with van der Waals surface area (Å²) in [6.45, 7) is 7.22. The molecule has 2 heteroatoms. The molecule has 0 bridgehead atoms. The minimum atomic E-state index is -0.219. The van der Waals surface area contributed by atoms with Gasteiger partial charge in [0.05, 0.1) is 5.60 Å². The fourth-order valence-electron chi connectivity index (χ4n) is 2.22. The van der Waals surface area contributed by atoms with Crippen molar-refractivity contribution in [3.63, 3.8) is 0 Å². The number of benzene rings is 1. The van der Waals surface area contributed by atoms with E-state index in [1.165, 1.54) is 25.7 Å². The van der Waals surface area contributed by atoms with Crippen LogP contribution in [0.5, 0.6) is 5.75 Å². The van der Waals surface area contributed by atoms with Gasteiger partial charge in [-0.3, -0.25) is 0 Å². The first kappa shape index (κ1) is 16.0. The molecule has 2 nitrogen and oxygen atoms in total. The zero-order valence-corrected chi connectivity index (χ0v) is 12.6. The number of phenolic OH excluding ortho intramolecular Hbond substituents is 1. The lowest BCUT2D eigenvalue weighted by atomic mass is 9.97. The Morgan fingerprint density at radius 2 is 1.74 bits per heavy atom. The summed E-state index contributed by atoms with van der Waals surface area (Å²) in [5.41, 5.74) is 0.738. The van der Waals surface area contributed by atoms with Gasteiger partial charge in [0.2, 0.25) is 0 Å². The SMILES string of the molecule is CCCCCCCOC(C)(C)Cc1ccccc1O. The van der Waals surface area contributed by atoms with E-state index in [4.69, 9.17) is 4.74 Å². The predicted octanol–water partition coefficient (Wildman–Crippen LogP) is 4.70. The van der Waals surface area contributed by atoms with Crippen LogP contribution in [0.2, 0.25) is 0 Å². The lowest BCUT2D eigenvalue weighted by Crippen LogP contribution is -2.28. The highest BCUT2D eigenvalue weighted by atomic mass is 16.5. The number of para-hydroxylation sites is 1. The first-order valence-corrected chi connectivity index (χ1v) is 7.46. The average Bonchev–Trinajstić information content (AvgIpc) is 2.36. The van der Waals surface area contributed by atoms with Crippen molar-refractivity contribution in [3.8, 4) is 5.75 Å². The van der Waals surface area contributed by atoms with Gasteiger partial charge in [-0.1, -0.05) is 50.8 Å². The Morgan fingerprint density at radius 3 is 2.42 bits per heavy atom. The standard InChI is InChI=1S/C17H28O2/c1-4-5-6-7-10-13-19-17(2,3)14-15-11-8-9-12-16(15)18/h8-9,11-12,18H,4-7,10,13-14H2,1-3H3. The van der Waals surface area contributed by atoms with Gasteiger partial charge in [0.25, 0.3) is 0 Å². The molecule has 1 N–H and O–H groups in total. The summed E-state index contributed by atoms with van der Waals surface area (Å²) in [6, 6.07) is 7.49. The minimum absolute atomic E-state index is 0.219. The van der Waals surface area contributed by atoms with Crippen LogP contribution >= 0.6 is 0 Å². The Bertz CT molecular complexity index is 358. The molecule has 19 heavy (non-hydrogen) atoms. The van der Waals surface area contributed by atoms with Crippen LogP contribution in [0.3, 0.4) is 0 Å². The molecule has 0 radical (unpaired) electrons. The molecule has 0 aromatic heterocycles. The molecule has 1 aromatic rings. The van der Waals surface area contributed by atoms with Gasteiger partial charge in [-0.05, 0) is 31.9 Å². The third-order valence-corrected chi connectivity index (χ3v) is 3.35. The van der Waals surface area contributed by atoms with Crippen molar-refractivity contribution in [2.24, 2.45) is 0 Å². The number of unbranched alkanes of at least 4 members (excludes halogenated alkanes) is 4. The molecular weight excluding hydrogens is 236 g/mol. The van der Waals surface area contributed by atoms with E-state index in [1.54, 1.807) is 6.07 Å². The molecule has 108 valence electrons. The minimum Gasteiger partial charge on any atom is -0.508 e. The first-order valence-electron chi connectivity index (χ1n) is 7.46. The van der Waals surface area contributed by atoms with E-state index >= 15 is 0 Å². The maximum Gasteiger partial charge on any atom is 0.118 e. The monoisotopic (exact) mass is 264 g/mol. The Kier molecular flexibility index (Phi) is 6.93. The average molecular weight is 264 g/mol. The van der Waals surface area contributed by atoms with Gasteiger partial charge < -0.3 is 9.84 Å². The summed E-state index contributed by atoms with van der Waals surface area (Å²) in [6.07, 6.45) is 7.03. The normalized spacial score (nSPS) is 11.7. The van der Waals surface area contributed by atoms with Crippen LogP contribution in [0.1, 0.15) is 58.4 Å². The lowest BCUT2D eigenvalue weighted by Gasteiger charge is -2.26. The number of rotatable bonds is 9. The van der Waals surface area contributed by atoms with Crippen molar-refractivity contribution in [1.29, 1.82) is 0 Å². The molecule has 0 fully saturated rings. The third kappa shape index (κ3) is 6.63. The van der Waals surface area contributed by atoms with Gasteiger partial charge in [-0.15, -0.1) is 0 Å². The maximum absolute atomic E-state index is 9.79. The number of hydrogen-bond donors (Lipinski definition) is 1. The van der Waals surface area contributed by atoms with Crippen molar-refractivity contribution in [2.75, 3.05) is 6.61 Å². The Hall–Kier alpha value is -1.02. The van der Waals surface area contributed by atoms with Crippen LogP contribution in [0.4, 0.5) is 0 Å². The second-order valence-corrected chi connectivity index (χ2v) is 5.83. The van der Waals surface area contributed by atoms with Crippen LogP contribution in [0.15, 0.2) is 24.3 Å². The highest BCUT2D eigenvalue weighted by Crippen LogP contribution is 2.24. The molecule has 0 unspecified atom stereocenters. The van der Waals surface area contributed by atoms with E-state index in [-0.39, 0.29) is 5.60 Å². The van der Waals surface area contributed by atoms with Gasteiger partial charge in [0, 0.05) is 13.0 Å². The van der Waals surface area contributed by atoms with E-state index < -0.39 is 0 Å². The van der Waals surface area contributed by atoms with E-state index in [9.17, 15) is 5.11 Å². The molecule has 0 aliphatic heterocycles. The quantitative estimate of drug-likeness (QED) is 0.655. The maximum atomic E-state index is 9.79. The van der Waals surface area contributed by atoms with Crippen molar-refractivity contribution in [1.82, 2.24) is 0 Å². The number of phenols is 1.